The third-order valence-electron chi connectivity index (χ3n) is 3.03. The van der Waals surface area contributed by atoms with Crippen LogP contribution in [0.1, 0.15) is 47.8 Å². The van der Waals surface area contributed by atoms with E-state index in [1.54, 1.807) is 6.92 Å². The van der Waals surface area contributed by atoms with Gasteiger partial charge in [0, 0.05) is 31.7 Å². The van der Waals surface area contributed by atoms with Crippen molar-refractivity contribution >= 4 is 5.97 Å². The van der Waals surface area contributed by atoms with Crippen LogP contribution < -0.4 is 5.32 Å². The van der Waals surface area contributed by atoms with Crippen LogP contribution in [0.4, 0.5) is 0 Å². The Kier molecular flexibility index (Phi) is 5.43. The Morgan fingerprint density at radius 3 is 2.95 bits per heavy atom. The van der Waals surface area contributed by atoms with E-state index in [4.69, 9.17) is 9.47 Å². The summed E-state index contributed by atoms with van der Waals surface area (Å²) in [6.45, 7) is 6.64. The third-order valence-corrected chi connectivity index (χ3v) is 3.03. The van der Waals surface area contributed by atoms with Crippen molar-refractivity contribution in [2.75, 3.05) is 19.8 Å². The van der Waals surface area contributed by atoms with E-state index in [1.165, 1.54) is 0 Å². The summed E-state index contributed by atoms with van der Waals surface area (Å²) in [6.07, 6.45) is 1.74. The van der Waals surface area contributed by atoms with E-state index in [0.29, 0.717) is 37.9 Å². The van der Waals surface area contributed by atoms with Gasteiger partial charge >= 0.3 is 5.97 Å². The summed E-state index contributed by atoms with van der Waals surface area (Å²) in [6, 6.07) is 0. The van der Waals surface area contributed by atoms with Crippen LogP contribution in [0.2, 0.25) is 0 Å². The molecule has 1 aliphatic rings. The molecule has 0 fully saturated rings. The van der Waals surface area contributed by atoms with Crippen LogP contribution in [-0.4, -0.2) is 35.7 Å². The number of hydrogen-bond acceptors (Lipinski definition) is 6. The van der Waals surface area contributed by atoms with Gasteiger partial charge in [-0.2, -0.15) is 0 Å². The van der Waals surface area contributed by atoms with Gasteiger partial charge in [-0.05, 0) is 13.3 Å². The fraction of sp³-hybridized carbons (Fsp3) is 0.643. The van der Waals surface area contributed by atoms with Crippen LogP contribution in [0.3, 0.4) is 0 Å². The van der Waals surface area contributed by atoms with Gasteiger partial charge in [-0.1, -0.05) is 6.92 Å². The van der Waals surface area contributed by atoms with Crippen molar-refractivity contribution < 1.29 is 14.3 Å². The van der Waals surface area contributed by atoms with Gasteiger partial charge in [0.15, 0.2) is 11.5 Å². The van der Waals surface area contributed by atoms with Crippen LogP contribution in [0.5, 0.6) is 0 Å². The van der Waals surface area contributed by atoms with Crippen LogP contribution in [-0.2, 0) is 29.0 Å². The Hall–Kier alpha value is -1.53. The van der Waals surface area contributed by atoms with E-state index in [1.807, 2.05) is 6.92 Å². The van der Waals surface area contributed by atoms with Gasteiger partial charge in [0.25, 0.3) is 0 Å². The van der Waals surface area contributed by atoms with Crippen LogP contribution in [0.25, 0.3) is 0 Å². The summed E-state index contributed by atoms with van der Waals surface area (Å²) in [7, 11) is 0. The monoisotopic (exact) mass is 279 g/mol. The van der Waals surface area contributed by atoms with E-state index in [0.717, 1.165) is 30.6 Å². The molecular weight excluding hydrogens is 258 g/mol. The largest absolute Gasteiger partial charge is 0.461 e. The predicted octanol–water partition coefficient (Wildman–Crippen LogP) is 1.23. The Balaban J connectivity index is 2.26. The van der Waals surface area contributed by atoms with Crippen LogP contribution in [0.15, 0.2) is 0 Å². The standard InChI is InChI=1S/C14H21N3O3/c1-3-7-19-9-12-16-11-5-6-15-8-10(11)13(17-12)14(18)20-4-2/h15H,3-9H2,1-2H3. The molecule has 0 aliphatic carbocycles. The SMILES string of the molecule is CCCOCc1nc2c(c(C(=O)OCC)n1)CNCC2. The minimum Gasteiger partial charge on any atom is -0.461 e. The van der Waals surface area contributed by atoms with E-state index in [-0.39, 0.29) is 5.97 Å². The summed E-state index contributed by atoms with van der Waals surface area (Å²) < 4.78 is 10.5. The minimum absolute atomic E-state index is 0.334. The highest BCUT2D eigenvalue weighted by Gasteiger charge is 2.22. The van der Waals surface area contributed by atoms with Gasteiger partial charge in [0.05, 0.1) is 12.3 Å². The maximum atomic E-state index is 12.0. The van der Waals surface area contributed by atoms with Crippen molar-refractivity contribution in [2.45, 2.75) is 39.8 Å². The predicted molar refractivity (Wildman–Crippen MR) is 73.3 cm³/mol. The second-order valence-corrected chi connectivity index (χ2v) is 4.61. The third kappa shape index (κ3) is 3.52. The fourth-order valence-corrected chi connectivity index (χ4v) is 2.13. The zero-order chi connectivity index (χ0) is 14.4. The Bertz CT molecular complexity index is 477. The van der Waals surface area contributed by atoms with Crippen molar-refractivity contribution in [3.05, 3.63) is 22.8 Å². The first-order chi connectivity index (χ1) is 9.76. The normalized spacial score (nSPS) is 13.9. The zero-order valence-corrected chi connectivity index (χ0v) is 12.1. The molecule has 2 heterocycles. The van der Waals surface area contributed by atoms with E-state index in [2.05, 4.69) is 15.3 Å². The molecule has 0 amide bonds. The number of aromatic nitrogens is 2. The van der Waals surface area contributed by atoms with Gasteiger partial charge in [-0.25, -0.2) is 14.8 Å². The van der Waals surface area contributed by atoms with E-state index >= 15 is 0 Å². The number of hydrogen-bond donors (Lipinski definition) is 1. The molecule has 6 heteroatoms. The molecule has 0 atom stereocenters. The molecule has 1 aromatic rings. The van der Waals surface area contributed by atoms with Gasteiger partial charge in [0.1, 0.15) is 6.61 Å². The topological polar surface area (TPSA) is 73.3 Å². The second kappa shape index (κ2) is 7.31. The lowest BCUT2D eigenvalue weighted by Gasteiger charge is -2.19. The molecule has 0 saturated carbocycles. The molecule has 2 rings (SSSR count). The molecule has 110 valence electrons. The molecule has 0 aromatic carbocycles. The molecule has 6 nitrogen and oxygen atoms in total. The van der Waals surface area contributed by atoms with Gasteiger partial charge in [0.2, 0.25) is 0 Å². The molecule has 0 radical (unpaired) electrons. The molecule has 0 bridgehead atoms. The highest BCUT2D eigenvalue weighted by Crippen LogP contribution is 2.17. The molecule has 1 aliphatic heterocycles. The number of rotatable bonds is 6. The lowest BCUT2D eigenvalue weighted by Crippen LogP contribution is -2.29. The van der Waals surface area contributed by atoms with E-state index in [9.17, 15) is 4.79 Å². The summed E-state index contributed by atoms with van der Waals surface area (Å²) in [5.74, 6) is 0.175. The number of esters is 1. The minimum atomic E-state index is -0.383. The molecule has 0 saturated heterocycles. The van der Waals surface area contributed by atoms with Crippen LogP contribution in [0, 0.1) is 0 Å². The number of nitrogens with one attached hydrogen (secondary N) is 1. The average Bonchev–Trinajstić information content (AvgIpc) is 2.47. The number of fused-ring (bicyclic) bond motifs is 1. The van der Waals surface area contributed by atoms with Crippen molar-refractivity contribution in [1.82, 2.24) is 15.3 Å². The number of nitrogens with zero attached hydrogens (tertiary/aromatic N) is 2. The average molecular weight is 279 g/mol. The first-order valence-electron chi connectivity index (χ1n) is 7.10. The lowest BCUT2D eigenvalue weighted by molar-refractivity contribution is 0.0515. The second-order valence-electron chi connectivity index (χ2n) is 4.61. The van der Waals surface area contributed by atoms with Crippen molar-refractivity contribution in [1.29, 1.82) is 0 Å². The molecule has 1 N–H and O–H groups in total. The van der Waals surface area contributed by atoms with Crippen molar-refractivity contribution in [3.63, 3.8) is 0 Å². The summed E-state index contributed by atoms with van der Waals surface area (Å²) in [5, 5.41) is 3.23. The summed E-state index contributed by atoms with van der Waals surface area (Å²) in [5.41, 5.74) is 2.16. The molecule has 0 spiro atoms. The maximum Gasteiger partial charge on any atom is 0.357 e. The number of ether oxygens (including phenoxy) is 2. The van der Waals surface area contributed by atoms with Crippen molar-refractivity contribution in [3.8, 4) is 0 Å². The molecular formula is C14H21N3O3. The molecule has 1 aromatic heterocycles. The Morgan fingerprint density at radius 1 is 1.35 bits per heavy atom. The summed E-state index contributed by atoms with van der Waals surface area (Å²) >= 11 is 0. The fourth-order valence-electron chi connectivity index (χ4n) is 2.13. The lowest BCUT2D eigenvalue weighted by atomic mass is 10.1. The first kappa shape index (κ1) is 14.9. The maximum absolute atomic E-state index is 12.0. The number of carbonyl (C=O) groups excluding carboxylic acids is 1. The Labute approximate surface area is 118 Å². The van der Waals surface area contributed by atoms with Gasteiger partial charge in [-0.15, -0.1) is 0 Å². The number of carbonyl (C=O) groups is 1. The molecule has 20 heavy (non-hydrogen) atoms. The van der Waals surface area contributed by atoms with Gasteiger partial charge < -0.3 is 14.8 Å². The van der Waals surface area contributed by atoms with Crippen molar-refractivity contribution in [2.24, 2.45) is 0 Å². The van der Waals surface area contributed by atoms with Gasteiger partial charge in [-0.3, -0.25) is 0 Å². The highest BCUT2D eigenvalue weighted by atomic mass is 16.5. The first-order valence-corrected chi connectivity index (χ1v) is 7.10. The highest BCUT2D eigenvalue weighted by molar-refractivity contribution is 5.89. The Morgan fingerprint density at radius 2 is 2.20 bits per heavy atom. The van der Waals surface area contributed by atoms with E-state index < -0.39 is 0 Å². The zero-order valence-electron chi connectivity index (χ0n) is 12.1. The van der Waals surface area contributed by atoms with Crippen LogP contribution >= 0.6 is 0 Å². The quantitative estimate of drug-likeness (QED) is 0.623. The smallest absolute Gasteiger partial charge is 0.357 e. The molecule has 0 unspecified atom stereocenters. The summed E-state index contributed by atoms with van der Waals surface area (Å²) in [4.78, 5) is 20.8.